The van der Waals surface area contributed by atoms with Crippen LogP contribution < -0.4 is 0 Å². The average molecular weight is 276 g/mol. The molecule has 0 spiro atoms. The smallest absolute Gasteiger partial charge is 0.263 e. The van der Waals surface area contributed by atoms with Crippen LogP contribution in [0.3, 0.4) is 0 Å². The molecule has 0 saturated heterocycles. The van der Waals surface area contributed by atoms with Gasteiger partial charge < -0.3 is 0 Å². The Balaban J connectivity index is 3.60. The van der Waals surface area contributed by atoms with Crippen molar-refractivity contribution in [2.45, 2.75) is 51.5 Å². The summed E-state index contributed by atoms with van der Waals surface area (Å²) in [5, 5.41) is 0. The number of alkyl halides is 3. The van der Waals surface area contributed by atoms with Gasteiger partial charge in [0.2, 0.25) is 0 Å². The van der Waals surface area contributed by atoms with E-state index in [-0.39, 0.29) is 0 Å². The first kappa shape index (κ1) is 16.7. The molecule has 17 heavy (non-hydrogen) atoms. The van der Waals surface area contributed by atoms with Gasteiger partial charge in [-0.1, -0.05) is 39.5 Å². The van der Waals surface area contributed by atoms with E-state index in [1.165, 1.54) is 0 Å². The second-order valence-corrected chi connectivity index (χ2v) is 5.93. The number of hydrogen-bond acceptors (Lipinski definition) is 3. The fraction of sp³-hybridized carbons (Fsp3) is 1.00. The molecule has 0 N–H and O–H groups in total. The van der Waals surface area contributed by atoms with E-state index in [1.807, 2.05) is 0 Å². The van der Waals surface area contributed by atoms with E-state index < -0.39 is 22.2 Å². The van der Waals surface area contributed by atoms with Gasteiger partial charge in [-0.3, -0.25) is 4.18 Å². The van der Waals surface area contributed by atoms with Crippen LogP contribution in [-0.4, -0.2) is 20.5 Å². The Morgan fingerprint density at radius 3 is 2.06 bits per heavy atom. The Labute approximate surface area is 100 Å². The zero-order valence-electron chi connectivity index (χ0n) is 10.1. The first-order valence-corrected chi connectivity index (χ1v) is 7.03. The molecule has 0 aliphatic carbocycles. The standard InChI is InChI=1S/C10H19F3O3S/c1-9(2)7-5-3-4-6-8-16-17(14,15)10(11,12)13/h9H,3-8H2,1-2H3. The minimum atomic E-state index is -5.40. The number of hydrogen-bond donors (Lipinski definition) is 0. The summed E-state index contributed by atoms with van der Waals surface area (Å²) in [4.78, 5) is 0. The minimum absolute atomic E-state index is 0.327. The number of halogens is 3. The van der Waals surface area contributed by atoms with Gasteiger partial charge in [-0.15, -0.1) is 0 Å². The molecule has 104 valence electrons. The third kappa shape index (κ3) is 7.59. The lowest BCUT2D eigenvalue weighted by Crippen LogP contribution is -2.25. The second kappa shape index (κ2) is 7.20. The summed E-state index contributed by atoms with van der Waals surface area (Å²) < 4.78 is 60.4. The van der Waals surface area contributed by atoms with E-state index in [0.29, 0.717) is 18.8 Å². The molecule has 0 rings (SSSR count). The van der Waals surface area contributed by atoms with Gasteiger partial charge in [0.1, 0.15) is 0 Å². The second-order valence-electron chi connectivity index (χ2n) is 4.32. The van der Waals surface area contributed by atoms with Crippen molar-refractivity contribution in [2.24, 2.45) is 5.92 Å². The van der Waals surface area contributed by atoms with Gasteiger partial charge in [-0.05, 0) is 12.3 Å². The maximum Gasteiger partial charge on any atom is 0.523 e. The van der Waals surface area contributed by atoms with Crippen molar-refractivity contribution in [1.29, 1.82) is 0 Å². The Kier molecular flexibility index (Phi) is 7.08. The van der Waals surface area contributed by atoms with Crippen molar-refractivity contribution < 1.29 is 25.8 Å². The van der Waals surface area contributed by atoms with Crippen molar-refractivity contribution in [1.82, 2.24) is 0 Å². The average Bonchev–Trinajstić information content (AvgIpc) is 2.13. The molecule has 0 bridgehead atoms. The zero-order valence-corrected chi connectivity index (χ0v) is 10.9. The van der Waals surface area contributed by atoms with Crippen LogP contribution in [-0.2, 0) is 14.3 Å². The predicted molar refractivity (Wildman–Crippen MR) is 58.8 cm³/mol. The monoisotopic (exact) mass is 276 g/mol. The molecular weight excluding hydrogens is 257 g/mol. The molecule has 0 aromatic heterocycles. The maximum atomic E-state index is 11.8. The lowest BCUT2D eigenvalue weighted by Gasteiger charge is -2.08. The van der Waals surface area contributed by atoms with Gasteiger partial charge in [0.25, 0.3) is 0 Å². The van der Waals surface area contributed by atoms with E-state index in [4.69, 9.17) is 0 Å². The lowest BCUT2D eigenvalue weighted by atomic mass is 10.0. The van der Waals surface area contributed by atoms with E-state index in [0.717, 1.165) is 19.3 Å². The largest absolute Gasteiger partial charge is 0.523 e. The molecule has 0 aromatic rings. The highest BCUT2D eigenvalue weighted by Gasteiger charge is 2.47. The fourth-order valence-corrected chi connectivity index (χ4v) is 1.71. The van der Waals surface area contributed by atoms with Crippen LogP contribution in [0, 0.1) is 5.92 Å². The molecule has 0 unspecified atom stereocenters. The summed E-state index contributed by atoms with van der Waals surface area (Å²) in [5.41, 5.74) is -5.31. The first-order valence-electron chi connectivity index (χ1n) is 5.62. The molecule has 0 heterocycles. The van der Waals surface area contributed by atoms with Gasteiger partial charge in [0.15, 0.2) is 0 Å². The normalized spacial score (nSPS) is 13.3. The van der Waals surface area contributed by atoms with Crippen LogP contribution in [0.5, 0.6) is 0 Å². The summed E-state index contributed by atoms with van der Waals surface area (Å²) in [5.74, 6) is 0.608. The molecular formula is C10H19F3O3S. The van der Waals surface area contributed by atoms with Gasteiger partial charge in [-0.25, -0.2) is 0 Å². The third-order valence-electron chi connectivity index (χ3n) is 2.20. The Morgan fingerprint density at radius 2 is 1.59 bits per heavy atom. The van der Waals surface area contributed by atoms with Gasteiger partial charge >= 0.3 is 15.6 Å². The molecule has 0 atom stereocenters. The SMILES string of the molecule is CC(C)CCCCCCOS(=O)(=O)C(F)(F)F. The van der Waals surface area contributed by atoms with Gasteiger partial charge in [0.05, 0.1) is 6.61 Å². The fourth-order valence-electron chi connectivity index (χ4n) is 1.24. The molecule has 0 amide bonds. The molecule has 0 aliphatic rings. The van der Waals surface area contributed by atoms with E-state index in [1.54, 1.807) is 0 Å². The van der Waals surface area contributed by atoms with Crippen LogP contribution in [0.4, 0.5) is 13.2 Å². The lowest BCUT2D eigenvalue weighted by molar-refractivity contribution is -0.0542. The highest BCUT2D eigenvalue weighted by molar-refractivity contribution is 7.87. The quantitative estimate of drug-likeness (QED) is 0.387. The Bertz CT molecular complexity index is 296. The highest BCUT2D eigenvalue weighted by Crippen LogP contribution is 2.24. The number of rotatable bonds is 8. The van der Waals surface area contributed by atoms with Crippen LogP contribution in [0.1, 0.15) is 46.0 Å². The van der Waals surface area contributed by atoms with Crippen molar-refractivity contribution in [3.63, 3.8) is 0 Å². The molecule has 7 heteroatoms. The summed E-state index contributed by atoms with van der Waals surface area (Å²) >= 11 is 0. The van der Waals surface area contributed by atoms with Crippen LogP contribution >= 0.6 is 0 Å². The molecule has 3 nitrogen and oxygen atoms in total. The zero-order chi connectivity index (χ0) is 13.5. The molecule has 0 aromatic carbocycles. The molecule has 0 fully saturated rings. The Morgan fingerprint density at radius 1 is 1.06 bits per heavy atom. The number of unbranched alkanes of at least 4 members (excludes halogenated alkanes) is 3. The molecule has 0 aliphatic heterocycles. The highest BCUT2D eigenvalue weighted by atomic mass is 32.2. The van der Waals surface area contributed by atoms with Crippen molar-refractivity contribution in [3.8, 4) is 0 Å². The Hall–Kier alpha value is -0.300. The third-order valence-corrected chi connectivity index (χ3v) is 3.24. The van der Waals surface area contributed by atoms with Gasteiger partial charge in [-0.2, -0.15) is 21.6 Å². The van der Waals surface area contributed by atoms with E-state index in [2.05, 4.69) is 18.0 Å². The summed E-state index contributed by atoms with van der Waals surface area (Å²) in [7, 11) is -5.40. The van der Waals surface area contributed by atoms with E-state index >= 15 is 0 Å². The van der Waals surface area contributed by atoms with Crippen LogP contribution in [0.25, 0.3) is 0 Å². The van der Waals surface area contributed by atoms with E-state index in [9.17, 15) is 21.6 Å². The molecule has 0 radical (unpaired) electrons. The first-order chi connectivity index (χ1) is 7.67. The molecule has 0 saturated carbocycles. The van der Waals surface area contributed by atoms with Crippen molar-refractivity contribution in [3.05, 3.63) is 0 Å². The topological polar surface area (TPSA) is 43.4 Å². The summed E-state index contributed by atoms with van der Waals surface area (Å²) in [6, 6.07) is 0. The summed E-state index contributed by atoms with van der Waals surface area (Å²) in [6.07, 6.45) is 3.96. The summed E-state index contributed by atoms with van der Waals surface area (Å²) in [6.45, 7) is 3.79. The van der Waals surface area contributed by atoms with Gasteiger partial charge in [0, 0.05) is 0 Å². The van der Waals surface area contributed by atoms with Crippen LogP contribution in [0.2, 0.25) is 0 Å². The van der Waals surface area contributed by atoms with Crippen molar-refractivity contribution in [2.75, 3.05) is 6.61 Å². The minimum Gasteiger partial charge on any atom is -0.263 e. The van der Waals surface area contributed by atoms with Crippen molar-refractivity contribution >= 4 is 10.1 Å². The predicted octanol–water partition coefficient (Wildman–Crippen LogP) is 3.46. The maximum absolute atomic E-state index is 11.8. The van der Waals surface area contributed by atoms with Crippen LogP contribution in [0.15, 0.2) is 0 Å².